The largest absolute Gasteiger partial charge is 0.389 e. The molecule has 0 saturated carbocycles. The molecule has 0 bridgehead atoms. The maximum Gasteiger partial charge on any atom is 0.317 e. The Bertz CT molecular complexity index is 912. The number of nitrogens with zero attached hydrogens (tertiary/aromatic N) is 1. The minimum Gasteiger partial charge on any atom is -0.389 e. The zero-order valence-electron chi connectivity index (χ0n) is 21.1. The number of hydrogen-bond acceptors (Lipinski definition) is 5. The Balaban J connectivity index is 2.18. The van der Waals surface area contributed by atoms with Gasteiger partial charge in [0.25, 0.3) is 0 Å². The van der Waals surface area contributed by atoms with Crippen molar-refractivity contribution in [1.29, 1.82) is 0 Å². The number of carbonyl (C=O) groups is 2. The van der Waals surface area contributed by atoms with Crippen LogP contribution in [-0.4, -0.2) is 72.6 Å². The highest BCUT2D eigenvalue weighted by Crippen LogP contribution is 2.19. The summed E-state index contributed by atoms with van der Waals surface area (Å²) in [6.07, 6.45) is 0.406. The van der Waals surface area contributed by atoms with Crippen molar-refractivity contribution < 1.29 is 23.1 Å². The third-order valence-electron chi connectivity index (χ3n) is 5.85. The third-order valence-corrected chi connectivity index (χ3v) is 7.61. The molecule has 1 aliphatic rings. The lowest BCUT2D eigenvalue weighted by molar-refractivity contribution is -0.125. The molecule has 1 saturated heterocycles. The summed E-state index contributed by atoms with van der Waals surface area (Å²) in [7, 11) is -3.20. The van der Waals surface area contributed by atoms with E-state index in [0.29, 0.717) is 18.9 Å². The van der Waals surface area contributed by atoms with Gasteiger partial charge in [0.15, 0.2) is 9.84 Å². The van der Waals surface area contributed by atoms with Gasteiger partial charge in [0.05, 0.1) is 36.1 Å². The van der Waals surface area contributed by atoms with Crippen molar-refractivity contribution >= 4 is 21.8 Å². The first-order valence-corrected chi connectivity index (χ1v) is 13.9. The fourth-order valence-corrected chi connectivity index (χ4v) is 5.64. The normalized spacial score (nSPS) is 19.4. The van der Waals surface area contributed by atoms with E-state index in [4.69, 9.17) is 0 Å². The van der Waals surface area contributed by atoms with Gasteiger partial charge in [0.1, 0.15) is 0 Å². The molecule has 0 spiro atoms. The number of hydrogen-bond donors (Lipinski definition) is 3. The van der Waals surface area contributed by atoms with Crippen molar-refractivity contribution in [2.45, 2.75) is 71.6 Å². The second kappa shape index (κ2) is 12.0. The highest BCUT2D eigenvalue weighted by molar-refractivity contribution is 7.91. The standard InChI is InChI=1S/C25H41N3O5S/c1-18(2)11-13-28(24(31)27-25(3,4)5)16-22(29)21(15-19-9-7-6-8-10-19)26-23(30)20-12-14-34(32,33)17-20/h6-10,18,20-22,29H,11-17H2,1-5H3,(H,26,30)(H,27,31)/t20?,21-,22+/m0/s1. The SMILES string of the molecule is CC(C)CCN(C[C@@H](O)[C@H](Cc1ccccc1)NC(=O)C1CCS(=O)(=O)C1)C(=O)NC(C)(C)C. The molecular weight excluding hydrogens is 454 g/mol. The van der Waals surface area contributed by atoms with Crippen LogP contribution in [0.5, 0.6) is 0 Å². The Kier molecular flexibility index (Phi) is 9.94. The fraction of sp³-hybridized carbons (Fsp3) is 0.680. The zero-order valence-corrected chi connectivity index (χ0v) is 21.9. The van der Waals surface area contributed by atoms with Gasteiger partial charge in [-0.3, -0.25) is 4.79 Å². The number of aliphatic hydroxyl groups is 1. The molecule has 1 aromatic rings. The van der Waals surface area contributed by atoms with Crippen molar-refractivity contribution in [1.82, 2.24) is 15.5 Å². The summed E-state index contributed by atoms with van der Waals surface area (Å²) >= 11 is 0. The lowest BCUT2D eigenvalue weighted by Gasteiger charge is -2.33. The molecule has 9 heteroatoms. The van der Waals surface area contributed by atoms with E-state index in [1.54, 1.807) is 4.90 Å². The van der Waals surface area contributed by atoms with Crippen LogP contribution in [0.25, 0.3) is 0 Å². The molecule has 0 aliphatic carbocycles. The molecule has 1 fully saturated rings. The van der Waals surface area contributed by atoms with E-state index in [1.807, 2.05) is 51.1 Å². The number of rotatable bonds is 10. The quantitative estimate of drug-likeness (QED) is 0.461. The van der Waals surface area contributed by atoms with Crippen molar-refractivity contribution in [3.63, 3.8) is 0 Å². The summed E-state index contributed by atoms with van der Waals surface area (Å²) in [5.74, 6) is -0.758. The lowest BCUT2D eigenvalue weighted by Crippen LogP contribution is -2.55. The molecule has 34 heavy (non-hydrogen) atoms. The van der Waals surface area contributed by atoms with Gasteiger partial charge in [-0.05, 0) is 51.5 Å². The van der Waals surface area contributed by atoms with Gasteiger partial charge in [-0.2, -0.15) is 0 Å². The topological polar surface area (TPSA) is 116 Å². The molecule has 3 amide bonds. The molecule has 1 heterocycles. The Morgan fingerprint density at radius 2 is 1.82 bits per heavy atom. The van der Waals surface area contributed by atoms with Gasteiger partial charge >= 0.3 is 6.03 Å². The molecule has 8 nitrogen and oxygen atoms in total. The molecule has 0 radical (unpaired) electrons. The van der Waals surface area contributed by atoms with Crippen LogP contribution < -0.4 is 10.6 Å². The van der Waals surface area contributed by atoms with Gasteiger partial charge in [-0.25, -0.2) is 13.2 Å². The second-order valence-corrected chi connectivity index (χ2v) is 13.0. The molecule has 1 aliphatic heterocycles. The maximum atomic E-state index is 12.9. The zero-order chi connectivity index (χ0) is 25.5. The summed E-state index contributed by atoms with van der Waals surface area (Å²) in [6, 6.07) is 8.55. The first kappa shape index (κ1) is 28.1. The van der Waals surface area contributed by atoms with Gasteiger partial charge in [0.2, 0.25) is 5.91 Å². The lowest BCUT2D eigenvalue weighted by atomic mass is 9.99. The van der Waals surface area contributed by atoms with E-state index >= 15 is 0 Å². The second-order valence-electron chi connectivity index (χ2n) is 10.8. The minimum atomic E-state index is -3.20. The summed E-state index contributed by atoms with van der Waals surface area (Å²) in [4.78, 5) is 27.4. The number of benzene rings is 1. The number of amides is 3. The van der Waals surface area contributed by atoms with Crippen LogP contribution in [0.1, 0.15) is 53.0 Å². The average Bonchev–Trinajstić information content (AvgIpc) is 3.09. The maximum absolute atomic E-state index is 12.9. The highest BCUT2D eigenvalue weighted by atomic mass is 32.2. The third kappa shape index (κ3) is 9.62. The van der Waals surface area contributed by atoms with Crippen LogP contribution in [0.3, 0.4) is 0 Å². The smallest absolute Gasteiger partial charge is 0.317 e. The van der Waals surface area contributed by atoms with Crippen LogP contribution in [-0.2, 0) is 21.1 Å². The highest BCUT2D eigenvalue weighted by Gasteiger charge is 2.35. The molecular formula is C25H41N3O5S. The van der Waals surface area contributed by atoms with Gasteiger partial charge < -0.3 is 20.6 Å². The Labute approximate surface area is 204 Å². The first-order valence-electron chi connectivity index (χ1n) is 12.1. The van der Waals surface area contributed by atoms with Gasteiger partial charge in [-0.15, -0.1) is 0 Å². The summed E-state index contributed by atoms with van der Waals surface area (Å²) in [5.41, 5.74) is 0.503. The van der Waals surface area contributed by atoms with Gasteiger partial charge in [-0.1, -0.05) is 44.2 Å². The van der Waals surface area contributed by atoms with Gasteiger partial charge in [0, 0.05) is 12.1 Å². The summed E-state index contributed by atoms with van der Waals surface area (Å²) in [5, 5.41) is 17.0. The van der Waals surface area contributed by atoms with E-state index in [-0.39, 0.29) is 36.4 Å². The molecule has 3 atom stereocenters. The van der Waals surface area contributed by atoms with Crippen molar-refractivity contribution in [3.8, 4) is 0 Å². The Morgan fingerprint density at radius 3 is 2.35 bits per heavy atom. The number of sulfone groups is 1. The number of nitrogens with one attached hydrogen (secondary N) is 2. The van der Waals surface area contributed by atoms with E-state index in [0.717, 1.165) is 12.0 Å². The minimum absolute atomic E-state index is 0.00689. The molecule has 192 valence electrons. The van der Waals surface area contributed by atoms with E-state index in [2.05, 4.69) is 24.5 Å². The van der Waals surface area contributed by atoms with E-state index in [9.17, 15) is 23.1 Å². The molecule has 3 N–H and O–H groups in total. The van der Waals surface area contributed by atoms with Crippen LogP contribution >= 0.6 is 0 Å². The average molecular weight is 496 g/mol. The van der Waals surface area contributed by atoms with E-state index in [1.165, 1.54) is 0 Å². The van der Waals surface area contributed by atoms with Crippen LogP contribution in [0.2, 0.25) is 0 Å². The predicted octanol–water partition coefficient (Wildman–Crippen LogP) is 2.37. The number of carbonyl (C=O) groups excluding carboxylic acids is 2. The molecule has 1 aromatic carbocycles. The van der Waals surface area contributed by atoms with Crippen molar-refractivity contribution in [2.24, 2.45) is 11.8 Å². The number of urea groups is 1. The Morgan fingerprint density at radius 1 is 1.18 bits per heavy atom. The molecule has 2 rings (SSSR count). The van der Waals surface area contributed by atoms with Crippen LogP contribution in [0.4, 0.5) is 4.79 Å². The Hall–Kier alpha value is -2.13. The summed E-state index contributed by atoms with van der Waals surface area (Å²) < 4.78 is 23.7. The van der Waals surface area contributed by atoms with Crippen molar-refractivity contribution in [2.75, 3.05) is 24.6 Å². The van der Waals surface area contributed by atoms with E-state index < -0.39 is 33.4 Å². The first-order chi connectivity index (χ1) is 15.8. The van der Waals surface area contributed by atoms with Crippen LogP contribution in [0.15, 0.2) is 30.3 Å². The summed E-state index contributed by atoms with van der Waals surface area (Å²) in [6.45, 7) is 10.4. The van der Waals surface area contributed by atoms with Crippen LogP contribution in [0, 0.1) is 11.8 Å². The fourth-order valence-electron chi connectivity index (χ4n) is 3.90. The molecule has 1 unspecified atom stereocenters. The number of aliphatic hydroxyl groups excluding tert-OH is 1. The van der Waals surface area contributed by atoms with Crippen molar-refractivity contribution in [3.05, 3.63) is 35.9 Å². The predicted molar refractivity (Wildman–Crippen MR) is 134 cm³/mol. The monoisotopic (exact) mass is 495 g/mol. The molecule has 0 aromatic heterocycles.